The van der Waals surface area contributed by atoms with Crippen LogP contribution in [0.25, 0.3) is 22.0 Å². The molecule has 5 heteroatoms. The molecule has 1 amide bonds. The summed E-state index contributed by atoms with van der Waals surface area (Å²) < 4.78 is 0. The van der Waals surface area contributed by atoms with E-state index in [1.807, 2.05) is 48.5 Å². The molecule has 0 atom stereocenters. The van der Waals surface area contributed by atoms with E-state index >= 15 is 0 Å². The Morgan fingerprint density at radius 2 is 1.75 bits per heavy atom. The van der Waals surface area contributed by atoms with Crippen molar-refractivity contribution in [1.29, 1.82) is 0 Å². The summed E-state index contributed by atoms with van der Waals surface area (Å²) in [4.78, 5) is 28.2. The van der Waals surface area contributed by atoms with E-state index in [-0.39, 0.29) is 11.7 Å². The number of unbranched alkanes of at least 4 members (excludes halogenated alkanes) is 2. The van der Waals surface area contributed by atoms with Gasteiger partial charge in [-0.15, -0.1) is 0 Å². The summed E-state index contributed by atoms with van der Waals surface area (Å²) >= 11 is 6.38. The summed E-state index contributed by atoms with van der Waals surface area (Å²) in [5, 5.41) is 5.42. The summed E-state index contributed by atoms with van der Waals surface area (Å²) in [6, 6.07) is 17.2. The second-order valence-electron chi connectivity index (χ2n) is 6.83. The molecule has 28 heavy (non-hydrogen) atoms. The lowest BCUT2D eigenvalue weighted by molar-refractivity contribution is -0.117. The number of fused-ring (bicyclic) bond motifs is 1. The van der Waals surface area contributed by atoms with Crippen molar-refractivity contribution < 1.29 is 9.59 Å². The number of carbonyl (C=O) groups is 2. The summed E-state index contributed by atoms with van der Waals surface area (Å²) in [5.41, 5.74) is 1.88. The number of pyridine rings is 1. The Kier molecular flexibility index (Phi) is 6.77. The van der Waals surface area contributed by atoms with Crippen LogP contribution >= 0.6 is 11.6 Å². The maximum atomic E-state index is 12.6. The number of Topliss-reactive ketones (excluding diaryl/α,β-unsaturated/α-hetero) is 1. The first kappa shape index (κ1) is 20.0. The zero-order chi connectivity index (χ0) is 19.9. The van der Waals surface area contributed by atoms with Gasteiger partial charge in [-0.2, -0.15) is 0 Å². The molecule has 3 rings (SSSR count). The molecule has 4 nitrogen and oxygen atoms in total. The van der Waals surface area contributed by atoms with Crippen LogP contribution in [0.3, 0.4) is 0 Å². The van der Waals surface area contributed by atoms with Crippen LogP contribution in [0.4, 0.5) is 0 Å². The predicted molar refractivity (Wildman–Crippen MR) is 114 cm³/mol. The molecule has 0 aliphatic heterocycles. The number of hydrogen-bond acceptors (Lipinski definition) is 3. The third-order valence-electron chi connectivity index (χ3n) is 4.59. The van der Waals surface area contributed by atoms with Gasteiger partial charge in [0.25, 0.3) is 5.91 Å². The molecule has 144 valence electrons. The standard InChI is InChI=1S/C23H23ClN2O2/c1-16(27)9-3-2-8-14-25-23(28)21-15-17-10-4-5-11-18(17)22(26-21)19-12-6-7-13-20(19)24/h4-7,10-13,15H,2-3,8-9,14H2,1H3,(H,25,28). The maximum Gasteiger partial charge on any atom is 0.269 e. The van der Waals surface area contributed by atoms with Crippen LogP contribution in [-0.2, 0) is 4.79 Å². The molecule has 3 aromatic rings. The van der Waals surface area contributed by atoms with Crippen molar-refractivity contribution in [3.8, 4) is 11.3 Å². The third-order valence-corrected chi connectivity index (χ3v) is 4.92. The van der Waals surface area contributed by atoms with Crippen LogP contribution in [0.2, 0.25) is 5.02 Å². The minimum atomic E-state index is -0.203. The van der Waals surface area contributed by atoms with Gasteiger partial charge in [0.15, 0.2) is 0 Å². The molecule has 2 aromatic carbocycles. The molecular formula is C23H23ClN2O2. The zero-order valence-corrected chi connectivity index (χ0v) is 16.6. The minimum absolute atomic E-state index is 0.203. The van der Waals surface area contributed by atoms with E-state index < -0.39 is 0 Å². The van der Waals surface area contributed by atoms with Crippen LogP contribution in [0, 0.1) is 0 Å². The number of nitrogens with one attached hydrogen (secondary N) is 1. The van der Waals surface area contributed by atoms with Gasteiger partial charge in [0, 0.05) is 28.9 Å². The smallest absolute Gasteiger partial charge is 0.269 e. The van der Waals surface area contributed by atoms with E-state index in [9.17, 15) is 9.59 Å². The van der Waals surface area contributed by atoms with Gasteiger partial charge in [-0.05, 0) is 37.3 Å². The van der Waals surface area contributed by atoms with Gasteiger partial charge in [-0.3, -0.25) is 4.79 Å². The van der Waals surface area contributed by atoms with Crippen molar-refractivity contribution in [1.82, 2.24) is 10.3 Å². The van der Waals surface area contributed by atoms with Crippen molar-refractivity contribution in [2.24, 2.45) is 0 Å². The van der Waals surface area contributed by atoms with Gasteiger partial charge >= 0.3 is 0 Å². The fraction of sp³-hybridized carbons (Fsp3) is 0.261. The first-order valence-corrected chi connectivity index (χ1v) is 9.86. The average molecular weight is 395 g/mol. The first-order chi connectivity index (χ1) is 13.6. The van der Waals surface area contributed by atoms with E-state index in [2.05, 4.69) is 10.3 Å². The molecule has 0 spiro atoms. The van der Waals surface area contributed by atoms with Crippen LogP contribution < -0.4 is 5.32 Å². The Labute approximate surface area is 169 Å². The molecule has 0 saturated heterocycles. The van der Waals surface area contributed by atoms with E-state index in [4.69, 9.17) is 11.6 Å². The first-order valence-electron chi connectivity index (χ1n) is 9.48. The van der Waals surface area contributed by atoms with Gasteiger partial charge in [-0.1, -0.05) is 60.5 Å². The number of hydrogen-bond donors (Lipinski definition) is 1. The molecule has 0 radical (unpaired) electrons. The number of benzene rings is 2. The Morgan fingerprint density at radius 1 is 1.00 bits per heavy atom. The highest BCUT2D eigenvalue weighted by atomic mass is 35.5. The van der Waals surface area contributed by atoms with Gasteiger partial charge in [-0.25, -0.2) is 4.98 Å². The number of aromatic nitrogens is 1. The van der Waals surface area contributed by atoms with Crippen LogP contribution in [0.5, 0.6) is 0 Å². The fourth-order valence-electron chi connectivity index (χ4n) is 3.14. The Hall–Kier alpha value is -2.72. The number of rotatable bonds is 8. The lowest BCUT2D eigenvalue weighted by Gasteiger charge is -2.11. The average Bonchev–Trinajstić information content (AvgIpc) is 2.70. The number of ketones is 1. The molecular weight excluding hydrogens is 372 g/mol. The number of halogens is 1. The van der Waals surface area contributed by atoms with Crippen LogP contribution in [0.15, 0.2) is 54.6 Å². The normalized spacial score (nSPS) is 10.8. The topological polar surface area (TPSA) is 59.1 Å². The number of nitrogens with zero attached hydrogens (tertiary/aromatic N) is 1. The van der Waals surface area contributed by atoms with E-state index in [1.165, 1.54) is 0 Å². The van der Waals surface area contributed by atoms with Crippen molar-refractivity contribution in [2.75, 3.05) is 6.54 Å². The maximum absolute atomic E-state index is 12.6. The Bertz CT molecular complexity index is 1000. The van der Waals surface area contributed by atoms with Gasteiger partial charge < -0.3 is 10.1 Å². The minimum Gasteiger partial charge on any atom is -0.351 e. The molecule has 0 aliphatic carbocycles. The molecule has 0 saturated carbocycles. The fourth-order valence-corrected chi connectivity index (χ4v) is 3.37. The summed E-state index contributed by atoms with van der Waals surface area (Å²) in [5.74, 6) is 0.00197. The number of carbonyl (C=O) groups excluding carboxylic acids is 2. The van der Waals surface area contributed by atoms with Gasteiger partial charge in [0.1, 0.15) is 11.5 Å². The largest absolute Gasteiger partial charge is 0.351 e. The monoisotopic (exact) mass is 394 g/mol. The predicted octanol–water partition coefficient (Wildman–Crippen LogP) is 5.43. The summed E-state index contributed by atoms with van der Waals surface area (Å²) in [6.07, 6.45) is 3.21. The highest BCUT2D eigenvalue weighted by Gasteiger charge is 2.14. The molecule has 0 fully saturated rings. The Morgan fingerprint density at radius 3 is 2.54 bits per heavy atom. The van der Waals surface area contributed by atoms with E-state index in [0.29, 0.717) is 29.4 Å². The molecule has 1 aromatic heterocycles. The molecule has 0 unspecified atom stereocenters. The van der Waals surface area contributed by atoms with Crippen molar-refractivity contribution in [2.45, 2.75) is 32.6 Å². The molecule has 1 heterocycles. The lowest BCUT2D eigenvalue weighted by Crippen LogP contribution is -2.25. The zero-order valence-electron chi connectivity index (χ0n) is 15.9. The van der Waals surface area contributed by atoms with Crippen LogP contribution in [0.1, 0.15) is 43.1 Å². The third kappa shape index (κ3) is 4.96. The highest BCUT2D eigenvalue weighted by Crippen LogP contribution is 2.32. The number of amides is 1. The highest BCUT2D eigenvalue weighted by molar-refractivity contribution is 6.33. The second kappa shape index (κ2) is 9.47. The molecule has 1 N–H and O–H groups in total. The van der Waals surface area contributed by atoms with Gasteiger partial charge in [0.05, 0.1) is 5.69 Å². The van der Waals surface area contributed by atoms with Crippen molar-refractivity contribution in [3.63, 3.8) is 0 Å². The quantitative estimate of drug-likeness (QED) is 0.518. The van der Waals surface area contributed by atoms with Gasteiger partial charge in [0.2, 0.25) is 0 Å². The van der Waals surface area contributed by atoms with E-state index in [1.54, 1.807) is 13.0 Å². The summed E-state index contributed by atoms with van der Waals surface area (Å²) in [7, 11) is 0. The van der Waals surface area contributed by atoms with Crippen molar-refractivity contribution in [3.05, 3.63) is 65.3 Å². The lowest BCUT2D eigenvalue weighted by atomic mass is 10.0. The summed E-state index contributed by atoms with van der Waals surface area (Å²) in [6.45, 7) is 2.16. The van der Waals surface area contributed by atoms with Crippen LogP contribution in [-0.4, -0.2) is 23.2 Å². The molecule has 0 bridgehead atoms. The van der Waals surface area contributed by atoms with Crippen molar-refractivity contribution >= 4 is 34.1 Å². The molecule has 0 aliphatic rings. The SMILES string of the molecule is CC(=O)CCCCCNC(=O)c1cc2ccccc2c(-c2ccccc2Cl)n1. The second-order valence-corrected chi connectivity index (χ2v) is 7.23. The van der Waals surface area contributed by atoms with E-state index in [0.717, 1.165) is 35.6 Å². The Balaban J connectivity index is 1.79.